The van der Waals surface area contributed by atoms with Crippen LogP contribution in [0.15, 0.2) is 18.3 Å². The van der Waals surface area contributed by atoms with Crippen LogP contribution in [0.25, 0.3) is 0 Å². The molecule has 0 radical (unpaired) electrons. The molecule has 86 valence electrons. The number of carboxylic acid groups (broad SMARTS) is 1. The molecule has 2 rings (SSSR count). The lowest BCUT2D eigenvalue weighted by Crippen LogP contribution is -2.37. The van der Waals surface area contributed by atoms with E-state index in [1.807, 2.05) is 0 Å². The summed E-state index contributed by atoms with van der Waals surface area (Å²) in [5, 5.41) is 9.04. The van der Waals surface area contributed by atoms with E-state index in [2.05, 4.69) is 4.98 Å². The van der Waals surface area contributed by atoms with Crippen LogP contribution in [0, 0.1) is 5.95 Å². The molecule has 1 aliphatic rings. The van der Waals surface area contributed by atoms with Crippen molar-refractivity contribution in [2.24, 2.45) is 0 Å². The van der Waals surface area contributed by atoms with E-state index in [1.165, 1.54) is 11.1 Å². The molecule has 1 atom stereocenters. The predicted molar refractivity (Wildman–Crippen MR) is 55.5 cm³/mol. The van der Waals surface area contributed by atoms with E-state index in [-0.39, 0.29) is 6.04 Å². The Morgan fingerprint density at radius 1 is 1.56 bits per heavy atom. The highest BCUT2D eigenvalue weighted by Gasteiger charge is 2.29. The first-order valence-electron chi connectivity index (χ1n) is 5.30. The summed E-state index contributed by atoms with van der Waals surface area (Å²) < 4.78 is 13.5. The number of hydrogen-bond donors (Lipinski definition) is 1. The van der Waals surface area contributed by atoms with Crippen LogP contribution in [-0.2, 0) is 0 Å². The molecule has 0 aromatic carbocycles. The minimum absolute atomic E-state index is 0.379. The number of hydrogen-bond acceptors (Lipinski definition) is 2. The Bertz CT molecular complexity index is 397. The molecule has 1 fully saturated rings. The second-order valence-electron chi connectivity index (χ2n) is 3.87. The maximum Gasteiger partial charge on any atom is 0.407 e. The molecule has 1 saturated heterocycles. The maximum atomic E-state index is 13.5. The van der Waals surface area contributed by atoms with Gasteiger partial charge in [-0.1, -0.05) is 6.07 Å². The zero-order chi connectivity index (χ0) is 11.5. The number of carbonyl (C=O) groups is 1. The molecule has 1 aromatic heterocycles. The quantitative estimate of drug-likeness (QED) is 0.745. The second kappa shape index (κ2) is 4.47. The molecule has 0 saturated carbocycles. The van der Waals surface area contributed by atoms with E-state index < -0.39 is 12.0 Å². The molecule has 5 heteroatoms. The largest absolute Gasteiger partial charge is 0.465 e. The van der Waals surface area contributed by atoms with Crippen molar-refractivity contribution < 1.29 is 14.3 Å². The van der Waals surface area contributed by atoms with Crippen molar-refractivity contribution in [3.8, 4) is 0 Å². The molecule has 1 amide bonds. The number of nitrogens with zero attached hydrogens (tertiary/aromatic N) is 2. The van der Waals surface area contributed by atoms with Crippen molar-refractivity contribution in [1.29, 1.82) is 0 Å². The Morgan fingerprint density at radius 3 is 3.06 bits per heavy atom. The van der Waals surface area contributed by atoms with Gasteiger partial charge in [-0.2, -0.15) is 4.39 Å². The van der Waals surface area contributed by atoms with Crippen molar-refractivity contribution in [2.45, 2.75) is 25.3 Å². The Morgan fingerprint density at radius 2 is 2.38 bits per heavy atom. The molecule has 0 aliphatic carbocycles. The number of rotatable bonds is 1. The first-order chi connectivity index (χ1) is 7.70. The van der Waals surface area contributed by atoms with Crippen LogP contribution < -0.4 is 0 Å². The number of likely N-dealkylation sites (tertiary alicyclic amines) is 1. The molecule has 1 N–H and O–H groups in total. The number of pyridine rings is 1. The number of aromatic nitrogens is 1. The van der Waals surface area contributed by atoms with Crippen LogP contribution in [-0.4, -0.2) is 27.6 Å². The monoisotopic (exact) mass is 224 g/mol. The van der Waals surface area contributed by atoms with Crippen molar-refractivity contribution >= 4 is 6.09 Å². The Labute approximate surface area is 92.7 Å². The number of amides is 1. The molecular weight excluding hydrogens is 211 g/mol. The lowest BCUT2D eigenvalue weighted by molar-refractivity contribution is 0.105. The van der Waals surface area contributed by atoms with Crippen LogP contribution in [0.1, 0.15) is 30.9 Å². The van der Waals surface area contributed by atoms with Crippen LogP contribution in [0.5, 0.6) is 0 Å². The van der Waals surface area contributed by atoms with E-state index in [0.717, 1.165) is 12.8 Å². The highest BCUT2D eigenvalue weighted by atomic mass is 19.1. The standard InChI is InChI=1S/C11H13FN2O2/c12-10-8(4-3-6-13-10)9-5-1-2-7-14(9)11(15)16/h3-4,6,9H,1-2,5,7H2,(H,15,16). The zero-order valence-corrected chi connectivity index (χ0v) is 8.77. The topological polar surface area (TPSA) is 53.4 Å². The minimum Gasteiger partial charge on any atom is -0.465 e. The SMILES string of the molecule is O=C(O)N1CCCCC1c1cccnc1F. The maximum absolute atomic E-state index is 13.5. The fourth-order valence-corrected chi connectivity index (χ4v) is 2.13. The summed E-state index contributed by atoms with van der Waals surface area (Å²) in [6, 6.07) is 2.85. The summed E-state index contributed by atoms with van der Waals surface area (Å²) in [7, 11) is 0. The highest BCUT2D eigenvalue weighted by Crippen LogP contribution is 2.31. The van der Waals surface area contributed by atoms with E-state index >= 15 is 0 Å². The van der Waals surface area contributed by atoms with Gasteiger partial charge in [-0.3, -0.25) is 0 Å². The summed E-state index contributed by atoms with van der Waals surface area (Å²) in [6.07, 6.45) is 2.79. The number of halogens is 1. The molecule has 1 aliphatic heterocycles. The van der Waals surface area contributed by atoms with Crippen molar-refractivity contribution in [1.82, 2.24) is 9.88 Å². The average molecular weight is 224 g/mol. The lowest BCUT2D eigenvalue weighted by Gasteiger charge is -2.33. The summed E-state index contributed by atoms with van der Waals surface area (Å²) >= 11 is 0. The Balaban J connectivity index is 2.30. The minimum atomic E-state index is -0.993. The normalized spacial score (nSPS) is 20.8. The number of piperidine rings is 1. The van der Waals surface area contributed by atoms with Gasteiger partial charge >= 0.3 is 6.09 Å². The van der Waals surface area contributed by atoms with Gasteiger partial charge < -0.3 is 10.0 Å². The van der Waals surface area contributed by atoms with Gasteiger partial charge in [0, 0.05) is 18.3 Å². The Hall–Kier alpha value is -1.65. The van der Waals surface area contributed by atoms with Crippen molar-refractivity contribution in [2.75, 3.05) is 6.54 Å². The van der Waals surface area contributed by atoms with Gasteiger partial charge in [0.25, 0.3) is 0 Å². The van der Waals surface area contributed by atoms with Gasteiger partial charge in [0.2, 0.25) is 5.95 Å². The average Bonchev–Trinajstić information content (AvgIpc) is 2.29. The van der Waals surface area contributed by atoms with E-state index in [4.69, 9.17) is 5.11 Å². The molecule has 4 nitrogen and oxygen atoms in total. The summed E-state index contributed by atoms with van der Waals surface area (Å²) in [5.74, 6) is -0.569. The molecule has 16 heavy (non-hydrogen) atoms. The summed E-state index contributed by atoms with van der Waals surface area (Å²) in [5.41, 5.74) is 0.379. The Kier molecular flexibility index (Phi) is 3.03. The summed E-state index contributed by atoms with van der Waals surface area (Å²) in [4.78, 5) is 15.9. The lowest BCUT2D eigenvalue weighted by atomic mass is 9.97. The van der Waals surface area contributed by atoms with Gasteiger partial charge in [-0.15, -0.1) is 0 Å². The smallest absolute Gasteiger partial charge is 0.407 e. The van der Waals surface area contributed by atoms with Gasteiger partial charge in [0.15, 0.2) is 0 Å². The first-order valence-corrected chi connectivity index (χ1v) is 5.30. The van der Waals surface area contributed by atoms with Gasteiger partial charge in [-0.25, -0.2) is 9.78 Å². The molecule has 0 bridgehead atoms. The summed E-state index contributed by atoms with van der Waals surface area (Å²) in [6.45, 7) is 0.467. The predicted octanol–water partition coefficient (Wildman–Crippen LogP) is 2.43. The third-order valence-corrected chi connectivity index (χ3v) is 2.90. The fraction of sp³-hybridized carbons (Fsp3) is 0.455. The van der Waals surface area contributed by atoms with Crippen LogP contribution in [0.3, 0.4) is 0 Å². The first kappa shape index (κ1) is 10.9. The second-order valence-corrected chi connectivity index (χ2v) is 3.87. The van der Waals surface area contributed by atoms with Crippen LogP contribution in [0.4, 0.5) is 9.18 Å². The van der Waals surface area contributed by atoms with Gasteiger partial charge in [0.05, 0.1) is 6.04 Å². The molecule has 1 aromatic rings. The van der Waals surface area contributed by atoms with Crippen LogP contribution >= 0.6 is 0 Å². The van der Waals surface area contributed by atoms with Gasteiger partial charge in [0.1, 0.15) is 0 Å². The zero-order valence-electron chi connectivity index (χ0n) is 8.77. The van der Waals surface area contributed by atoms with Gasteiger partial charge in [-0.05, 0) is 25.3 Å². The third-order valence-electron chi connectivity index (χ3n) is 2.90. The van der Waals surface area contributed by atoms with Crippen molar-refractivity contribution in [3.05, 3.63) is 29.8 Å². The van der Waals surface area contributed by atoms with E-state index in [0.29, 0.717) is 18.5 Å². The molecule has 2 heterocycles. The van der Waals surface area contributed by atoms with E-state index in [1.54, 1.807) is 12.1 Å². The van der Waals surface area contributed by atoms with E-state index in [9.17, 15) is 9.18 Å². The highest BCUT2D eigenvalue weighted by molar-refractivity contribution is 5.66. The molecule has 1 unspecified atom stereocenters. The van der Waals surface area contributed by atoms with Crippen LogP contribution in [0.2, 0.25) is 0 Å². The molecular formula is C11H13FN2O2. The molecule has 0 spiro atoms. The van der Waals surface area contributed by atoms with Crippen molar-refractivity contribution in [3.63, 3.8) is 0 Å². The third kappa shape index (κ3) is 1.98. The fourth-order valence-electron chi connectivity index (χ4n) is 2.13.